The first kappa shape index (κ1) is 33.8. The molecule has 0 amide bonds. The van der Waals surface area contributed by atoms with Gasteiger partial charge in [-0.25, -0.2) is 4.79 Å². The molecular formula is C31H49BO6. The van der Waals surface area contributed by atoms with E-state index < -0.39 is 5.97 Å². The molecule has 1 heterocycles. The molecule has 0 N–H and O–H groups in total. The van der Waals surface area contributed by atoms with Gasteiger partial charge in [-0.2, -0.15) is 0 Å². The summed E-state index contributed by atoms with van der Waals surface area (Å²) in [5, 5.41) is 0. The van der Waals surface area contributed by atoms with Crippen LogP contribution >= 0.6 is 0 Å². The second-order valence-electron chi connectivity index (χ2n) is 10.7. The molecule has 38 heavy (non-hydrogen) atoms. The average molecular weight is 529 g/mol. The largest absolute Gasteiger partial charge is 0.486 e. The first-order valence-corrected chi connectivity index (χ1v) is 13.5. The predicted octanol–water partition coefficient (Wildman–Crippen LogP) is 7.09. The van der Waals surface area contributed by atoms with Crippen LogP contribution in [0.3, 0.4) is 0 Å². The Morgan fingerprint density at radius 2 is 1.53 bits per heavy atom. The zero-order valence-corrected chi connectivity index (χ0v) is 25.0. The van der Waals surface area contributed by atoms with Crippen molar-refractivity contribution in [2.24, 2.45) is 5.92 Å². The van der Waals surface area contributed by atoms with Crippen molar-refractivity contribution < 1.29 is 28.3 Å². The third-order valence-electron chi connectivity index (χ3n) is 6.79. The Labute approximate surface area is 231 Å². The molecule has 0 unspecified atom stereocenters. The van der Waals surface area contributed by atoms with Gasteiger partial charge in [-0.3, -0.25) is 0 Å². The van der Waals surface area contributed by atoms with Gasteiger partial charge in [-0.1, -0.05) is 67.6 Å². The van der Waals surface area contributed by atoms with E-state index in [1.54, 1.807) is 20.1 Å². The van der Waals surface area contributed by atoms with Crippen LogP contribution in [-0.4, -0.2) is 51.4 Å². The number of carbonyl (C=O) groups is 1. The predicted molar refractivity (Wildman–Crippen MR) is 157 cm³/mol. The van der Waals surface area contributed by atoms with Crippen LogP contribution in [-0.2, 0) is 28.3 Å². The molecule has 2 atom stereocenters. The van der Waals surface area contributed by atoms with E-state index in [0.29, 0.717) is 11.5 Å². The summed E-state index contributed by atoms with van der Waals surface area (Å²) < 4.78 is 27.3. The molecule has 0 radical (unpaired) electrons. The molecule has 1 aliphatic heterocycles. The average Bonchev–Trinajstić information content (AvgIpc) is 3.08. The molecule has 0 aromatic rings. The zero-order chi connectivity index (χ0) is 28.6. The van der Waals surface area contributed by atoms with Gasteiger partial charge in [0, 0.05) is 19.8 Å². The fourth-order valence-electron chi connectivity index (χ4n) is 3.53. The topological polar surface area (TPSA) is 63.2 Å². The second kappa shape index (κ2) is 17.4. The Morgan fingerprint density at radius 1 is 0.895 bits per heavy atom. The van der Waals surface area contributed by atoms with Crippen LogP contribution in [0.25, 0.3) is 0 Å². The minimum atomic E-state index is -0.394. The van der Waals surface area contributed by atoms with Gasteiger partial charge in [-0.05, 0) is 78.7 Å². The van der Waals surface area contributed by atoms with Crippen LogP contribution in [0.15, 0.2) is 71.8 Å². The summed E-state index contributed by atoms with van der Waals surface area (Å²) in [6.07, 6.45) is 22.4. The Kier molecular flexibility index (Phi) is 15.5. The number of esters is 1. The van der Waals surface area contributed by atoms with Crippen molar-refractivity contribution >= 4 is 13.1 Å². The first-order chi connectivity index (χ1) is 17.9. The van der Waals surface area contributed by atoms with Crippen molar-refractivity contribution in [2.75, 3.05) is 21.0 Å². The molecule has 1 rings (SSSR count). The van der Waals surface area contributed by atoms with Crippen molar-refractivity contribution in [3.05, 3.63) is 71.8 Å². The van der Waals surface area contributed by atoms with Crippen molar-refractivity contribution in [2.45, 2.75) is 91.5 Å². The molecule has 0 saturated carbocycles. The summed E-state index contributed by atoms with van der Waals surface area (Å²) in [5.74, 6) is 2.07. The Hall–Kier alpha value is -2.19. The van der Waals surface area contributed by atoms with E-state index in [2.05, 4.69) is 77.2 Å². The van der Waals surface area contributed by atoms with E-state index in [1.807, 2.05) is 19.0 Å². The lowest BCUT2D eigenvalue weighted by Gasteiger charge is -2.32. The summed E-state index contributed by atoms with van der Waals surface area (Å²) in [6, 6.07) is 0. The number of hydrogen-bond acceptors (Lipinski definition) is 6. The van der Waals surface area contributed by atoms with E-state index in [0.717, 1.165) is 31.3 Å². The standard InChI is InChI=1S/C31H49BO6/c1-25(22-23-32-37-30(4,5)31(6,7)38-32)18-16-14-12-10-11-13-15-17-19-28(35-9)26(2)20-21-27(3)29(33)36-24-34-8/h11,13-17,20-23,25,28H,10,12,18-19,24H2,1-9H3/b13-11+,16-14+,17-15-,23-22+,26-20-,27-21+/t25-,28+/m0/s1. The summed E-state index contributed by atoms with van der Waals surface area (Å²) in [4.78, 5) is 11.8. The van der Waals surface area contributed by atoms with Gasteiger partial charge in [0.05, 0.1) is 17.3 Å². The van der Waals surface area contributed by atoms with E-state index in [-0.39, 0.29) is 31.2 Å². The number of ether oxygens (including phenoxy) is 3. The molecule has 6 nitrogen and oxygen atoms in total. The molecule has 0 bridgehead atoms. The quantitative estimate of drug-likeness (QED) is 0.0405. The van der Waals surface area contributed by atoms with Crippen molar-refractivity contribution in [1.29, 1.82) is 0 Å². The van der Waals surface area contributed by atoms with Crippen LogP contribution in [0.4, 0.5) is 0 Å². The highest BCUT2D eigenvalue weighted by molar-refractivity contribution is 6.51. The van der Waals surface area contributed by atoms with Crippen molar-refractivity contribution in [3.8, 4) is 0 Å². The van der Waals surface area contributed by atoms with Gasteiger partial charge in [0.25, 0.3) is 0 Å². The highest BCUT2D eigenvalue weighted by Gasteiger charge is 2.50. The van der Waals surface area contributed by atoms with Crippen LogP contribution in [0, 0.1) is 5.92 Å². The van der Waals surface area contributed by atoms with Crippen molar-refractivity contribution in [3.63, 3.8) is 0 Å². The van der Waals surface area contributed by atoms with Crippen LogP contribution in [0.5, 0.6) is 0 Å². The van der Waals surface area contributed by atoms with Crippen LogP contribution < -0.4 is 0 Å². The fourth-order valence-corrected chi connectivity index (χ4v) is 3.53. The van der Waals surface area contributed by atoms with E-state index >= 15 is 0 Å². The lowest BCUT2D eigenvalue weighted by Crippen LogP contribution is -2.41. The van der Waals surface area contributed by atoms with Crippen LogP contribution in [0.1, 0.15) is 74.1 Å². The molecule has 212 valence electrons. The van der Waals surface area contributed by atoms with Gasteiger partial charge >= 0.3 is 13.1 Å². The Bertz CT molecular complexity index is 878. The lowest BCUT2D eigenvalue weighted by molar-refractivity contribution is -0.149. The van der Waals surface area contributed by atoms with Gasteiger partial charge in [0.2, 0.25) is 0 Å². The Balaban J connectivity index is 2.32. The molecular weight excluding hydrogens is 479 g/mol. The fraction of sp³-hybridized carbons (Fsp3) is 0.581. The van der Waals surface area contributed by atoms with Crippen molar-refractivity contribution in [1.82, 2.24) is 0 Å². The minimum Gasteiger partial charge on any atom is -0.435 e. The SMILES string of the molecule is COCOC(=O)/C(C)=C/C=C(/C)[C@@H](C/C=C\C=C\CC/C=C/C[C@H](C)/C=C/B1OC(C)(C)C(C)(C)O1)OC. The number of carbonyl (C=O) groups excluding carboxylic acids is 1. The highest BCUT2D eigenvalue weighted by atomic mass is 16.7. The van der Waals surface area contributed by atoms with Gasteiger partial charge in [0.1, 0.15) is 0 Å². The molecule has 1 saturated heterocycles. The molecule has 0 aliphatic carbocycles. The molecule has 0 spiro atoms. The number of allylic oxidation sites excluding steroid dienone is 8. The first-order valence-electron chi connectivity index (χ1n) is 13.5. The minimum absolute atomic E-state index is 0.0524. The maximum Gasteiger partial charge on any atom is 0.486 e. The van der Waals surface area contributed by atoms with Crippen LogP contribution in [0.2, 0.25) is 0 Å². The maximum atomic E-state index is 11.8. The van der Waals surface area contributed by atoms with E-state index in [4.69, 9.17) is 23.5 Å². The highest BCUT2D eigenvalue weighted by Crippen LogP contribution is 2.37. The molecule has 0 aromatic carbocycles. The zero-order valence-electron chi connectivity index (χ0n) is 25.0. The number of unbranched alkanes of at least 4 members (excludes halogenated alkanes) is 1. The smallest absolute Gasteiger partial charge is 0.435 e. The van der Waals surface area contributed by atoms with Gasteiger partial charge in [-0.15, -0.1) is 0 Å². The number of rotatable bonds is 16. The van der Waals surface area contributed by atoms with Gasteiger partial charge < -0.3 is 23.5 Å². The summed E-state index contributed by atoms with van der Waals surface area (Å²) in [6.45, 7) is 14.1. The molecule has 7 heteroatoms. The summed E-state index contributed by atoms with van der Waals surface area (Å²) in [7, 11) is 2.89. The van der Waals surface area contributed by atoms with Gasteiger partial charge in [0.15, 0.2) is 6.79 Å². The third kappa shape index (κ3) is 12.6. The summed E-state index contributed by atoms with van der Waals surface area (Å²) >= 11 is 0. The van der Waals surface area contributed by atoms with E-state index in [1.165, 1.54) is 7.11 Å². The number of methoxy groups -OCH3 is 2. The Morgan fingerprint density at radius 3 is 2.16 bits per heavy atom. The maximum absolute atomic E-state index is 11.8. The molecule has 1 fully saturated rings. The monoisotopic (exact) mass is 528 g/mol. The second-order valence-corrected chi connectivity index (χ2v) is 10.7. The molecule has 1 aliphatic rings. The van der Waals surface area contributed by atoms with E-state index in [9.17, 15) is 4.79 Å². The lowest BCUT2D eigenvalue weighted by atomic mass is 9.88. The summed E-state index contributed by atoms with van der Waals surface area (Å²) in [5.41, 5.74) is 0.950. The third-order valence-corrected chi connectivity index (χ3v) is 6.79. The number of hydrogen-bond donors (Lipinski definition) is 0. The normalized spacial score (nSPS) is 19.9. The molecule has 0 aromatic heterocycles.